The molecule has 5 N–H and O–H groups in total. The summed E-state index contributed by atoms with van der Waals surface area (Å²) in [6.07, 6.45) is 4.44. The van der Waals surface area contributed by atoms with Crippen molar-refractivity contribution in [3.8, 4) is 0 Å². The average Bonchev–Trinajstić information content (AvgIpc) is 2.84. The molecular formula is C22H31FO6. The van der Waals surface area contributed by atoms with E-state index in [0.29, 0.717) is 24.8 Å². The van der Waals surface area contributed by atoms with Crippen molar-refractivity contribution in [1.29, 1.82) is 0 Å². The van der Waals surface area contributed by atoms with Gasteiger partial charge in [0.15, 0.2) is 17.2 Å². The Morgan fingerprint density at radius 1 is 1.31 bits per heavy atom. The lowest BCUT2D eigenvalue weighted by Crippen LogP contribution is -2.69. The Kier molecular flexibility index (Phi) is 5.03. The van der Waals surface area contributed by atoms with Crippen LogP contribution in [0.4, 0.5) is 4.39 Å². The number of carbonyl (C=O) groups excluding carboxylic acids is 2. The Morgan fingerprint density at radius 3 is 2.59 bits per heavy atom. The van der Waals surface area contributed by atoms with Crippen molar-refractivity contribution in [3.63, 3.8) is 0 Å². The number of carbonyl (C=O) groups is 2. The zero-order chi connectivity index (χ0) is 20.7. The van der Waals surface area contributed by atoms with E-state index in [4.69, 9.17) is 0 Å². The largest absolute Gasteiger partial charge is 0.412 e. The molecule has 0 saturated heterocycles. The summed E-state index contributed by atoms with van der Waals surface area (Å²) in [5.74, 6) is -2.12. The van der Waals surface area contributed by atoms with E-state index in [2.05, 4.69) is 0 Å². The summed E-state index contributed by atoms with van der Waals surface area (Å²) < 4.78 is 16.9. The Bertz CT molecular complexity index is 807. The second-order valence-electron chi connectivity index (χ2n) is 9.75. The van der Waals surface area contributed by atoms with Gasteiger partial charge in [-0.15, -0.1) is 0 Å². The minimum absolute atomic E-state index is 0. The van der Waals surface area contributed by atoms with Gasteiger partial charge >= 0.3 is 0 Å². The average molecular weight is 410 g/mol. The normalized spacial score (nSPS) is 50.7. The second-order valence-corrected chi connectivity index (χ2v) is 9.75. The summed E-state index contributed by atoms with van der Waals surface area (Å²) in [6, 6.07) is 0. The molecule has 0 spiro atoms. The fraction of sp³-hybridized carbons (Fsp3) is 0.727. The minimum atomic E-state index is -1.98. The van der Waals surface area contributed by atoms with Crippen molar-refractivity contribution in [1.82, 2.24) is 0 Å². The first-order valence-corrected chi connectivity index (χ1v) is 10.1. The van der Waals surface area contributed by atoms with Crippen molar-refractivity contribution in [2.45, 2.75) is 63.8 Å². The molecule has 0 bridgehead atoms. The zero-order valence-electron chi connectivity index (χ0n) is 17.1. The molecule has 0 aromatic rings. The number of alkyl halides is 1. The van der Waals surface area contributed by atoms with E-state index in [1.807, 2.05) is 0 Å². The molecule has 0 unspecified atom stereocenters. The van der Waals surface area contributed by atoms with Crippen LogP contribution >= 0.6 is 0 Å². The van der Waals surface area contributed by atoms with Crippen LogP contribution in [0.15, 0.2) is 23.8 Å². The smallest absolute Gasteiger partial charge is 0.190 e. The molecule has 0 radical (unpaired) electrons. The Balaban J connectivity index is 0.00000240. The van der Waals surface area contributed by atoms with E-state index in [9.17, 15) is 24.9 Å². The van der Waals surface area contributed by atoms with Gasteiger partial charge in [0.2, 0.25) is 0 Å². The third kappa shape index (κ3) is 2.36. The van der Waals surface area contributed by atoms with Gasteiger partial charge in [-0.05, 0) is 56.6 Å². The van der Waals surface area contributed by atoms with Gasteiger partial charge in [-0.2, -0.15) is 0 Å². The van der Waals surface area contributed by atoms with Gasteiger partial charge in [0.1, 0.15) is 12.2 Å². The number of hydrogen-bond donors (Lipinski definition) is 3. The molecular weight excluding hydrogens is 379 g/mol. The van der Waals surface area contributed by atoms with E-state index in [-0.39, 0.29) is 23.6 Å². The SMILES string of the molecule is C[C@@H]1C[C@H]2[C@@H]3CCC4=CC(=O)C=C[C@]4(C)[C@@]3(F)[C@@H](O)C[C@]2(C)[C@@]1(O)C(=O)CO.O. The fourth-order valence-electron chi connectivity index (χ4n) is 7.26. The lowest BCUT2D eigenvalue weighted by Gasteiger charge is -2.62. The van der Waals surface area contributed by atoms with Crippen LogP contribution in [0.5, 0.6) is 0 Å². The highest BCUT2D eigenvalue weighted by molar-refractivity contribution is 6.01. The van der Waals surface area contributed by atoms with Crippen LogP contribution in [0, 0.1) is 28.6 Å². The third-order valence-electron chi connectivity index (χ3n) is 8.79. The maximum absolute atomic E-state index is 16.9. The number of hydrogen-bond acceptors (Lipinski definition) is 5. The van der Waals surface area contributed by atoms with Gasteiger partial charge < -0.3 is 20.8 Å². The summed E-state index contributed by atoms with van der Waals surface area (Å²) in [7, 11) is 0. The Morgan fingerprint density at radius 2 is 1.97 bits per heavy atom. The third-order valence-corrected chi connectivity index (χ3v) is 8.79. The molecule has 0 amide bonds. The van der Waals surface area contributed by atoms with Crippen LogP contribution in [-0.2, 0) is 9.59 Å². The maximum atomic E-state index is 16.9. The van der Waals surface area contributed by atoms with E-state index < -0.39 is 52.4 Å². The Labute approximate surface area is 169 Å². The van der Waals surface area contributed by atoms with Gasteiger partial charge in [0.25, 0.3) is 0 Å². The molecule has 4 aliphatic carbocycles. The summed E-state index contributed by atoms with van der Waals surface area (Å²) >= 11 is 0. The highest BCUT2D eigenvalue weighted by Crippen LogP contribution is 2.70. The molecule has 4 rings (SSSR count). The molecule has 4 aliphatic rings. The number of aliphatic hydroxyl groups excluding tert-OH is 2. The van der Waals surface area contributed by atoms with Gasteiger partial charge in [-0.3, -0.25) is 9.59 Å². The monoisotopic (exact) mass is 410 g/mol. The predicted molar refractivity (Wildman–Crippen MR) is 104 cm³/mol. The number of allylic oxidation sites excluding steroid dienone is 4. The first-order valence-electron chi connectivity index (χ1n) is 10.1. The highest BCUT2D eigenvalue weighted by atomic mass is 19.1. The number of halogens is 1. The van der Waals surface area contributed by atoms with E-state index >= 15 is 4.39 Å². The maximum Gasteiger partial charge on any atom is 0.190 e. The van der Waals surface area contributed by atoms with Crippen LogP contribution < -0.4 is 0 Å². The highest BCUT2D eigenvalue weighted by Gasteiger charge is 2.75. The molecule has 0 aromatic heterocycles. The molecule has 162 valence electrons. The first-order chi connectivity index (χ1) is 13.0. The van der Waals surface area contributed by atoms with E-state index in [1.165, 1.54) is 12.2 Å². The summed E-state index contributed by atoms with van der Waals surface area (Å²) in [5.41, 5.74) is -5.17. The number of aliphatic hydroxyl groups is 3. The standard InChI is InChI=1S/C22H29FO5.H2O/c1-12-8-16-15-5-4-13-9-14(25)6-7-19(13,2)21(15,23)17(26)10-20(16,3)22(12,28)18(27)11-24;/h6-7,9,12,15-17,24,26,28H,4-5,8,10-11H2,1-3H3;1H2/t12-,15+,16+,17+,19+,20+,21+,22+;/m1./s1. The molecule has 3 fully saturated rings. The fourth-order valence-corrected chi connectivity index (χ4v) is 7.26. The second kappa shape index (κ2) is 6.54. The van der Waals surface area contributed by atoms with Crippen molar-refractivity contribution in [2.24, 2.45) is 28.6 Å². The van der Waals surface area contributed by atoms with Gasteiger partial charge in [0.05, 0.1) is 6.10 Å². The van der Waals surface area contributed by atoms with Gasteiger partial charge in [-0.25, -0.2) is 4.39 Å². The summed E-state index contributed by atoms with van der Waals surface area (Å²) in [4.78, 5) is 24.4. The van der Waals surface area contributed by atoms with Crippen molar-refractivity contribution < 1.29 is 34.8 Å². The van der Waals surface area contributed by atoms with Crippen LogP contribution in [0.3, 0.4) is 0 Å². The number of Topliss-reactive ketones (excluding diaryl/α,β-unsaturated/α-hetero) is 1. The van der Waals surface area contributed by atoms with Crippen molar-refractivity contribution in [2.75, 3.05) is 6.61 Å². The van der Waals surface area contributed by atoms with Gasteiger partial charge in [0, 0.05) is 16.7 Å². The van der Waals surface area contributed by atoms with Crippen LogP contribution in [-0.4, -0.2) is 56.3 Å². The van der Waals surface area contributed by atoms with Crippen molar-refractivity contribution >= 4 is 11.6 Å². The van der Waals surface area contributed by atoms with Crippen LogP contribution in [0.2, 0.25) is 0 Å². The lowest BCUT2D eigenvalue weighted by atomic mass is 9.44. The molecule has 8 atom stereocenters. The molecule has 3 saturated carbocycles. The van der Waals surface area contributed by atoms with Crippen LogP contribution in [0.1, 0.15) is 46.5 Å². The minimum Gasteiger partial charge on any atom is -0.412 e. The topological polar surface area (TPSA) is 126 Å². The Hall–Kier alpha value is -1.41. The van der Waals surface area contributed by atoms with Crippen LogP contribution in [0.25, 0.3) is 0 Å². The predicted octanol–water partition coefficient (Wildman–Crippen LogP) is 1.07. The van der Waals surface area contributed by atoms with E-state index in [0.717, 1.165) is 0 Å². The number of fused-ring (bicyclic) bond motifs is 5. The van der Waals surface area contributed by atoms with E-state index in [1.54, 1.807) is 26.8 Å². The quantitative estimate of drug-likeness (QED) is 0.628. The van der Waals surface area contributed by atoms with Crippen molar-refractivity contribution in [3.05, 3.63) is 23.8 Å². The number of ketones is 2. The molecule has 6 nitrogen and oxygen atoms in total. The molecule has 0 heterocycles. The first kappa shape index (κ1) is 22.3. The zero-order valence-corrected chi connectivity index (χ0v) is 17.1. The summed E-state index contributed by atoms with van der Waals surface area (Å²) in [5, 5.41) is 32.0. The summed E-state index contributed by atoms with van der Waals surface area (Å²) in [6.45, 7) is 4.48. The molecule has 0 aliphatic heterocycles. The molecule has 7 heteroatoms. The lowest BCUT2D eigenvalue weighted by molar-refractivity contribution is -0.219. The van der Waals surface area contributed by atoms with Gasteiger partial charge in [-0.1, -0.05) is 25.5 Å². The molecule has 0 aromatic carbocycles. The molecule has 29 heavy (non-hydrogen) atoms. The number of rotatable bonds is 2.